The van der Waals surface area contributed by atoms with E-state index in [1.54, 1.807) is 0 Å². The summed E-state index contributed by atoms with van der Waals surface area (Å²) in [6.07, 6.45) is 3.94. The van der Waals surface area contributed by atoms with Crippen molar-refractivity contribution >= 4 is 17.6 Å². The molecule has 1 aliphatic carbocycles. The molecule has 0 bridgehead atoms. The van der Waals surface area contributed by atoms with Gasteiger partial charge in [0.05, 0.1) is 10.7 Å². The van der Waals surface area contributed by atoms with E-state index in [0.717, 1.165) is 30.7 Å². The summed E-state index contributed by atoms with van der Waals surface area (Å²) < 4.78 is 0. The second-order valence-corrected chi connectivity index (χ2v) is 4.02. The number of halogens is 1. The van der Waals surface area contributed by atoms with Gasteiger partial charge in [-0.2, -0.15) is 5.01 Å². The summed E-state index contributed by atoms with van der Waals surface area (Å²) in [5.74, 6) is 0. The Bertz CT molecular complexity index is 225. The van der Waals surface area contributed by atoms with E-state index in [1.807, 2.05) is 0 Å². The molecule has 14 heavy (non-hydrogen) atoms. The summed E-state index contributed by atoms with van der Waals surface area (Å²) >= 11 is 6.03. The highest BCUT2D eigenvalue weighted by molar-refractivity contribution is 6.21. The van der Waals surface area contributed by atoms with Gasteiger partial charge in [-0.05, 0) is 12.8 Å². The zero-order valence-electron chi connectivity index (χ0n) is 8.07. The van der Waals surface area contributed by atoms with Gasteiger partial charge in [0.25, 0.3) is 0 Å². The number of hydrogen-bond donors (Lipinski definition) is 1. The number of amides is 2. The fourth-order valence-corrected chi connectivity index (χ4v) is 1.88. The first-order valence-corrected chi connectivity index (χ1v) is 5.10. The first-order chi connectivity index (χ1) is 6.65. The van der Waals surface area contributed by atoms with Gasteiger partial charge in [-0.15, -0.1) is 16.5 Å². The van der Waals surface area contributed by atoms with Crippen LogP contribution in [-0.2, 0) is 0 Å². The van der Waals surface area contributed by atoms with Crippen LogP contribution in [0.4, 0.5) is 4.79 Å². The third-order valence-corrected chi connectivity index (χ3v) is 2.93. The summed E-state index contributed by atoms with van der Waals surface area (Å²) in [4.78, 5) is 21.3. The van der Waals surface area contributed by atoms with Crippen LogP contribution in [0.2, 0.25) is 0 Å². The van der Waals surface area contributed by atoms with Gasteiger partial charge < -0.3 is 5.32 Å². The summed E-state index contributed by atoms with van der Waals surface area (Å²) in [5.41, 5.74) is 0. The van der Waals surface area contributed by atoms with E-state index in [1.165, 1.54) is 7.05 Å². The van der Waals surface area contributed by atoms with Crippen LogP contribution in [-0.4, -0.2) is 29.5 Å². The van der Waals surface area contributed by atoms with Gasteiger partial charge in [-0.1, -0.05) is 12.8 Å². The number of carbonyl (C=O) groups excluding carboxylic acids is 1. The topological polar surface area (TPSA) is 61.8 Å². The molecular formula is C8H14ClN3O2. The molecule has 1 fully saturated rings. The third kappa shape index (κ3) is 2.83. The predicted molar refractivity (Wildman–Crippen MR) is 54.0 cm³/mol. The summed E-state index contributed by atoms with van der Waals surface area (Å²) in [7, 11) is 1.31. The number of rotatable bonds is 2. The molecule has 1 saturated carbocycles. The van der Waals surface area contributed by atoms with Crippen LogP contribution in [0.15, 0.2) is 5.29 Å². The van der Waals surface area contributed by atoms with Crippen LogP contribution in [0.25, 0.3) is 0 Å². The van der Waals surface area contributed by atoms with Crippen LogP contribution in [0.1, 0.15) is 25.7 Å². The molecule has 0 saturated heterocycles. The van der Waals surface area contributed by atoms with Gasteiger partial charge in [-0.3, -0.25) is 0 Å². The lowest BCUT2D eigenvalue weighted by Crippen LogP contribution is -2.46. The Morgan fingerprint density at radius 2 is 2.14 bits per heavy atom. The molecule has 1 aliphatic rings. The van der Waals surface area contributed by atoms with Crippen LogP contribution >= 0.6 is 11.6 Å². The fraction of sp³-hybridized carbons (Fsp3) is 0.875. The average Bonchev–Trinajstić information content (AvgIpc) is 2.20. The van der Waals surface area contributed by atoms with Crippen molar-refractivity contribution in [3.8, 4) is 0 Å². The summed E-state index contributed by atoms with van der Waals surface area (Å²) in [6.45, 7) is 0. The largest absolute Gasteiger partial charge is 0.340 e. The molecule has 2 atom stereocenters. The van der Waals surface area contributed by atoms with Crippen molar-refractivity contribution in [2.24, 2.45) is 5.29 Å². The minimum Gasteiger partial charge on any atom is -0.332 e. The highest BCUT2D eigenvalue weighted by atomic mass is 35.5. The van der Waals surface area contributed by atoms with Crippen molar-refractivity contribution < 1.29 is 4.79 Å². The lowest BCUT2D eigenvalue weighted by atomic mass is 9.95. The van der Waals surface area contributed by atoms with Gasteiger partial charge >= 0.3 is 6.03 Å². The highest BCUT2D eigenvalue weighted by Gasteiger charge is 2.25. The number of alkyl halides is 1. The fourth-order valence-electron chi connectivity index (χ4n) is 1.54. The number of carbonyl (C=O) groups is 1. The predicted octanol–water partition coefficient (Wildman–Crippen LogP) is 1.86. The highest BCUT2D eigenvalue weighted by Crippen LogP contribution is 2.23. The minimum atomic E-state index is -0.488. The molecule has 5 nitrogen and oxygen atoms in total. The summed E-state index contributed by atoms with van der Waals surface area (Å²) in [5, 5.41) is 5.89. The van der Waals surface area contributed by atoms with E-state index in [2.05, 4.69) is 10.6 Å². The van der Waals surface area contributed by atoms with Crippen molar-refractivity contribution in [1.29, 1.82) is 0 Å². The van der Waals surface area contributed by atoms with Gasteiger partial charge in [0.1, 0.15) is 0 Å². The Balaban J connectivity index is 2.42. The number of nitrogens with one attached hydrogen (secondary N) is 1. The molecule has 1 rings (SSSR count). The molecular weight excluding hydrogens is 206 g/mol. The van der Waals surface area contributed by atoms with Crippen molar-refractivity contribution in [3.63, 3.8) is 0 Å². The molecule has 0 aromatic rings. The van der Waals surface area contributed by atoms with E-state index >= 15 is 0 Å². The SMILES string of the molecule is CN(N=O)C(=O)NC1CCCCC1Cl. The number of hydrogen-bond acceptors (Lipinski definition) is 3. The molecule has 6 heteroatoms. The molecule has 0 radical (unpaired) electrons. The van der Waals surface area contributed by atoms with Crippen molar-refractivity contribution in [2.45, 2.75) is 37.1 Å². The van der Waals surface area contributed by atoms with Crippen molar-refractivity contribution in [2.75, 3.05) is 7.05 Å². The maximum absolute atomic E-state index is 11.3. The maximum atomic E-state index is 11.3. The van der Waals surface area contributed by atoms with Crippen LogP contribution < -0.4 is 5.32 Å². The maximum Gasteiger partial charge on any atom is 0.340 e. The molecule has 0 heterocycles. The molecule has 0 aromatic heterocycles. The van der Waals surface area contributed by atoms with Gasteiger partial charge in [0.2, 0.25) is 0 Å². The monoisotopic (exact) mass is 219 g/mol. The third-order valence-electron chi connectivity index (χ3n) is 2.41. The summed E-state index contributed by atoms with van der Waals surface area (Å²) in [6, 6.07) is -0.528. The minimum absolute atomic E-state index is 0.0345. The Labute approximate surface area is 87.7 Å². The number of nitrogens with zero attached hydrogens (tertiary/aromatic N) is 2. The first-order valence-electron chi connectivity index (χ1n) is 4.66. The Kier molecular flexibility index (Phi) is 4.13. The van der Waals surface area contributed by atoms with Gasteiger partial charge in [-0.25, -0.2) is 4.79 Å². The second-order valence-electron chi connectivity index (χ2n) is 3.46. The molecule has 2 unspecified atom stereocenters. The van der Waals surface area contributed by atoms with E-state index in [-0.39, 0.29) is 11.4 Å². The molecule has 2 amide bonds. The van der Waals surface area contributed by atoms with Gasteiger partial charge in [0, 0.05) is 13.1 Å². The average molecular weight is 220 g/mol. The zero-order chi connectivity index (χ0) is 10.6. The van der Waals surface area contributed by atoms with Crippen molar-refractivity contribution in [1.82, 2.24) is 10.3 Å². The molecule has 0 spiro atoms. The van der Waals surface area contributed by atoms with Crippen LogP contribution in [0.5, 0.6) is 0 Å². The lowest BCUT2D eigenvalue weighted by Gasteiger charge is -2.28. The Morgan fingerprint density at radius 1 is 1.50 bits per heavy atom. The standard InChI is InChI=1S/C8H14ClN3O2/c1-12(11-14)8(13)10-7-5-3-2-4-6(7)9/h6-7H,2-5H2,1H3,(H,10,13). The van der Waals surface area contributed by atoms with E-state index in [0.29, 0.717) is 0 Å². The van der Waals surface area contributed by atoms with Crippen LogP contribution in [0, 0.1) is 4.91 Å². The molecule has 0 aromatic carbocycles. The van der Waals surface area contributed by atoms with E-state index < -0.39 is 6.03 Å². The van der Waals surface area contributed by atoms with E-state index in [4.69, 9.17) is 11.6 Å². The Morgan fingerprint density at radius 3 is 2.71 bits per heavy atom. The smallest absolute Gasteiger partial charge is 0.332 e. The molecule has 0 aliphatic heterocycles. The number of nitroso groups, excluding NO2 is 1. The van der Waals surface area contributed by atoms with Crippen molar-refractivity contribution in [3.05, 3.63) is 4.91 Å². The Hall–Kier alpha value is -0.840. The lowest BCUT2D eigenvalue weighted by molar-refractivity contribution is 0.202. The molecule has 1 N–H and O–H groups in total. The molecule has 80 valence electrons. The van der Waals surface area contributed by atoms with E-state index in [9.17, 15) is 9.70 Å². The quantitative estimate of drug-likeness (QED) is 0.438. The second kappa shape index (κ2) is 5.14. The normalized spacial score (nSPS) is 26.7. The zero-order valence-corrected chi connectivity index (χ0v) is 8.83. The first kappa shape index (κ1) is 11.2. The van der Waals surface area contributed by atoms with Gasteiger partial charge in [0.15, 0.2) is 0 Å². The number of urea groups is 1. The van der Waals surface area contributed by atoms with Crippen LogP contribution in [0.3, 0.4) is 0 Å².